The fraction of sp³-hybridized carbons (Fsp3) is 0.500. The van der Waals surface area contributed by atoms with Crippen LogP contribution in [0.4, 0.5) is 0 Å². The predicted octanol–water partition coefficient (Wildman–Crippen LogP) is 1.83. The van der Waals surface area contributed by atoms with Gasteiger partial charge in [0.1, 0.15) is 11.8 Å². The molecule has 0 aliphatic rings. The molecule has 1 unspecified atom stereocenters. The molecule has 1 rings (SSSR count). The van der Waals surface area contributed by atoms with Crippen LogP contribution in [0.5, 0.6) is 5.75 Å². The molecule has 1 atom stereocenters. The normalized spacial score (nSPS) is 12.0. The Kier molecular flexibility index (Phi) is 5.65. The van der Waals surface area contributed by atoms with Gasteiger partial charge in [0.25, 0.3) is 0 Å². The van der Waals surface area contributed by atoms with Crippen LogP contribution in [0.3, 0.4) is 0 Å². The molecule has 1 aromatic rings. The first kappa shape index (κ1) is 14.5. The molecule has 100 valence electrons. The number of methoxy groups -OCH3 is 2. The van der Waals surface area contributed by atoms with Gasteiger partial charge in [0, 0.05) is 0 Å². The molecule has 0 saturated heterocycles. The van der Waals surface area contributed by atoms with Crippen molar-refractivity contribution in [3.63, 3.8) is 0 Å². The molecule has 2 N–H and O–H groups in total. The summed E-state index contributed by atoms with van der Waals surface area (Å²) in [4.78, 5) is 11.2. The zero-order chi connectivity index (χ0) is 13.5. The van der Waals surface area contributed by atoms with Gasteiger partial charge < -0.3 is 15.2 Å². The van der Waals surface area contributed by atoms with E-state index in [-0.39, 0.29) is 5.97 Å². The monoisotopic (exact) mass is 251 g/mol. The van der Waals surface area contributed by atoms with Crippen LogP contribution in [0.1, 0.15) is 24.0 Å². The van der Waals surface area contributed by atoms with E-state index in [0.717, 1.165) is 24.2 Å². The highest BCUT2D eigenvalue weighted by molar-refractivity contribution is 5.75. The quantitative estimate of drug-likeness (QED) is 0.783. The van der Waals surface area contributed by atoms with E-state index in [1.54, 1.807) is 7.11 Å². The standard InChI is InChI=1S/C14H21NO3/c1-10-7-8-11(13(9-10)17-2)5-4-6-12(15)14(16)18-3/h7-9,12H,4-6,15H2,1-3H3. The molecule has 0 radical (unpaired) electrons. The molecule has 0 saturated carbocycles. The lowest BCUT2D eigenvalue weighted by molar-refractivity contribution is -0.142. The number of esters is 1. The predicted molar refractivity (Wildman–Crippen MR) is 70.7 cm³/mol. The van der Waals surface area contributed by atoms with Gasteiger partial charge >= 0.3 is 5.97 Å². The zero-order valence-corrected chi connectivity index (χ0v) is 11.2. The number of ether oxygens (including phenoxy) is 2. The Bertz CT molecular complexity index is 404. The third-order valence-electron chi connectivity index (χ3n) is 2.91. The second-order valence-electron chi connectivity index (χ2n) is 4.34. The Hall–Kier alpha value is -1.55. The van der Waals surface area contributed by atoms with E-state index in [0.29, 0.717) is 6.42 Å². The fourth-order valence-electron chi connectivity index (χ4n) is 1.84. The largest absolute Gasteiger partial charge is 0.496 e. The molecule has 1 aromatic carbocycles. The molecule has 0 amide bonds. The van der Waals surface area contributed by atoms with Crippen LogP contribution < -0.4 is 10.5 Å². The van der Waals surface area contributed by atoms with Crippen molar-refractivity contribution in [2.24, 2.45) is 5.73 Å². The minimum Gasteiger partial charge on any atom is -0.496 e. The fourth-order valence-corrected chi connectivity index (χ4v) is 1.84. The first-order valence-electron chi connectivity index (χ1n) is 6.05. The third-order valence-corrected chi connectivity index (χ3v) is 2.91. The van der Waals surface area contributed by atoms with Gasteiger partial charge in [-0.25, -0.2) is 0 Å². The highest BCUT2D eigenvalue weighted by atomic mass is 16.5. The van der Waals surface area contributed by atoms with Crippen LogP contribution in [0.2, 0.25) is 0 Å². The van der Waals surface area contributed by atoms with E-state index in [2.05, 4.69) is 16.9 Å². The SMILES string of the molecule is COC(=O)C(N)CCCc1ccc(C)cc1OC. The lowest BCUT2D eigenvalue weighted by Gasteiger charge is -2.11. The molecule has 0 heterocycles. The summed E-state index contributed by atoms with van der Waals surface area (Å²) in [6.45, 7) is 2.03. The smallest absolute Gasteiger partial charge is 0.322 e. The molecular weight excluding hydrogens is 230 g/mol. The second kappa shape index (κ2) is 7.01. The van der Waals surface area contributed by atoms with Crippen molar-refractivity contribution in [1.29, 1.82) is 0 Å². The Balaban J connectivity index is 2.51. The molecule has 0 spiro atoms. The molecule has 18 heavy (non-hydrogen) atoms. The highest BCUT2D eigenvalue weighted by Gasteiger charge is 2.13. The van der Waals surface area contributed by atoms with Gasteiger partial charge in [-0.3, -0.25) is 4.79 Å². The van der Waals surface area contributed by atoms with Crippen molar-refractivity contribution >= 4 is 5.97 Å². The van der Waals surface area contributed by atoms with Gasteiger partial charge in [-0.1, -0.05) is 12.1 Å². The summed E-state index contributed by atoms with van der Waals surface area (Å²) in [5, 5.41) is 0. The first-order valence-corrected chi connectivity index (χ1v) is 6.05. The van der Waals surface area contributed by atoms with Gasteiger partial charge in [-0.15, -0.1) is 0 Å². The average Bonchev–Trinajstić information content (AvgIpc) is 2.39. The summed E-state index contributed by atoms with van der Waals surface area (Å²) in [7, 11) is 3.02. The van der Waals surface area contributed by atoms with Crippen molar-refractivity contribution in [3.05, 3.63) is 29.3 Å². The maximum absolute atomic E-state index is 11.2. The molecule has 4 nitrogen and oxygen atoms in total. The summed E-state index contributed by atoms with van der Waals surface area (Å²) < 4.78 is 9.92. The number of rotatable bonds is 6. The van der Waals surface area contributed by atoms with Crippen molar-refractivity contribution in [3.8, 4) is 5.75 Å². The first-order chi connectivity index (χ1) is 8.58. The molecule has 0 aromatic heterocycles. The number of benzene rings is 1. The summed E-state index contributed by atoms with van der Waals surface area (Å²) in [5.74, 6) is 0.535. The maximum atomic E-state index is 11.2. The Morgan fingerprint density at radius 1 is 1.39 bits per heavy atom. The zero-order valence-electron chi connectivity index (χ0n) is 11.2. The maximum Gasteiger partial charge on any atom is 0.322 e. The van der Waals surface area contributed by atoms with E-state index in [9.17, 15) is 4.79 Å². The van der Waals surface area contributed by atoms with E-state index in [4.69, 9.17) is 10.5 Å². The number of carbonyl (C=O) groups excluding carboxylic acids is 1. The van der Waals surface area contributed by atoms with Crippen LogP contribution in [-0.2, 0) is 16.0 Å². The number of hydrogen-bond acceptors (Lipinski definition) is 4. The lowest BCUT2D eigenvalue weighted by Crippen LogP contribution is -2.31. The summed E-state index contributed by atoms with van der Waals surface area (Å²) >= 11 is 0. The van der Waals surface area contributed by atoms with E-state index in [1.807, 2.05) is 13.0 Å². The van der Waals surface area contributed by atoms with Gasteiger partial charge in [-0.05, 0) is 43.4 Å². The number of aryl methyl sites for hydroxylation is 2. The van der Waals surface area contributed by atoms with Crippen LogP contribution in [0, 0.1) is 6.92 Å². The van der Waals surface area contributed by atoms with Crippen LogP contribution in [-0.4, -0.2) is 26.2 Å². The number of carbonyl (C=O) groups is 1. The molecular formula is C14H21NO3. The molecule has 0 aliphatic heterocycles. The van der Waals surface area contributed by atoms with Gasteiger partial charge in [0.15, 0.2) is 0 Å². The van der Waals surface area contributed by atoms with Gasteiger partial charge in [0.05, 0.1) is 14.2 Å². The Morgan fingerprint density at radius 2 is 2.11 bits per heavy atom. The van der Waals surface area contributed by atoms with Crippen molar-refractivity contribution in [1.82, 2.24) is 0 Å². The Labute approximate surface area is 108 Å². The highest BCUT2D eigenvalue weighted by Crippen LogP contribution is 2.21. The van der Waals surface area contributed by atoms with Crippen LogP contribution in [0.25, 0.3) is 0 Å². The van der Waals surface area contributed by atoms with Crippen LogP contribution >= 0.6 is 0 Å². The van der Waals surface area contributed by atoms with Crippen molar-refractivity contribution in [2.75, 3.05) is 14.2 Å². The molecule has 0 aliphatic carbocycles. The van der Waals surface area contributed by atoms with E-state index >= 15 is 0 Å². The van der Waals surface area contributed by atoms with Gasteiger partial charge in [0.2, 0.25) is 0 Å². The molecule has 4 heteroatoms. The van der Waals surface area contributed by atoms with Gasteiger partial charge in [-0.2, -0.15) is 0 Å². The summed E-state index contributed by atoms with van der Waals surface area (Å²) in [6.07, 6.45) is 2.29. The summed E-state index contributed by atoms with van der Waals surface area (Å²) in [6, 6.07) is 5.58. The topological polar surface area (TPSA) is 61.5 Å². The summed E-state index contributed by atoms with van der Waals surface area (Å²) in [5.41, 5.74) is 7.99. The molecule has 0 fully saturated rings. The van der Waals surface area contributed by atoms with Crippen molar-refractivity contribution in [2.45, 2.75) is 32.2 Å². The molecule has 0 bridgehead atoms. The second-order valence-corrected chi connectivity index (χ2v) is 4.34. The number of hydrogen-bond donors (Lipinski definition) is 1. The lowest BCUT2D eigenvalue weighted by atomic mass is 10.0. The van der Waals surface area contributed by atoms with E-state index < -0.39 is 6.04 Å². The average molecular weight is 251 g/mol. The van der Waals surface area contributed by atoms with Crippen LogP contribution in [0.15, 0.2) is 18.2 Å². The minimum atomic E-state index is -0.536. The third kappa shape index (κ3) is 4.04. The van der Waals surface area contributed by atoms with Crippen molar-refractivity contribution < 1.29 is 14.3 Å². The Morgan fingerprint density at radius 3 is 2.72 bits per heavy atom. The number of nitrogens with two attached hydrogens (primary N) is 1. The van der Waals surface area contributed by atoms with E-state index in [1.165, 1.54) is 12.7 Å². The minimum absolute atomic E-state index is 0.356.